The molecule has 5 heteroatoms. The maximum absolute atomic E-state index is 11.7. The van der Waals surface area contributed by atoms with Crippen molar-refractivity contribution >= 4 is 44.5 Å². The monoisotopic (exact) mass is 374 g/mol. The molecule has 0 radical (unpaired) electrons. The molecule has 1 unspecified atom stereocenters. The maximum atomic E-state index is 11.7. The van der Waals surface area contributed by atoms with Crippen LogP contribution in [0.2, 0.25) is 0 Å². The zero-order valence-electron chi connectivity index (χ0n) is 8.10. The molecule has 0 aromatic carbocycles. The van der Waals surface area contributed by atoms with Gasteiger partial charge in [-0.05, 0) is 50.5 Å². The number of carbonyl (C=O) groups is 1. The third-order valence-corrected chi connectivity index (χ3v) is 3.71. The number of hydrogen-bond acceptors (Lipinski definition) is 3. The topological polar surface area (TPSA) is 35.5 Å². The van der Waals surface area contributed by atoms with Crippen molar-refractivity contribution in [2.75, 3.05) is 20.3 Å². The van der Waals surface area contributed by atoms with E-state index >= 15 is 0 Å². The average molecular weight is 375 g/mol. The van der Waals surface area contributed by atoms with E-state index in [-0.39, 0.29) is 5.97 Å². The Morgan fingerprint density at radius 3 is 2.86 bits per heavy atom. The summed E-state index contributed by atoms with van der Waals surface area (Å²) in [5, 5.41) is 0. The summed E-state index contributed by atoms with van der Waals surface area (Å²) in [7, 11) is 1.41. The first-order valence-electron chi connectivity index (χ1n) is 4.29. The summed E-state index contributed by atoms with van der Waals surface area (Å²) in [5.74, 6) is -0.207. The van der Waals surface area contributed by atoms with Crippen LogP contribution in [0.5, 0.6) is 0 Å². The van der Waals surface area contributed by atoms with Crippen LogP contribution in [-0.2, 0) is 14.3 Å². The molecule has 0 aromatic heterocycles. The van der Waals surface area contributed by atoms with Gasteiger partial charge in [-0.2, -0.15) is 0 Å². The minimum absolute atomic E-state index is 0.207. The summed E-state index contributed by atoms with van der Waals surface area (Å²) in [4.78, 5) is 11.7. The van der Waals surface area contributed by atoms with E-state index < -0.39 is 5.41 Å². The predicted octanol–water partition coefficient (Wildman–Crippen LogP) is 2.63. The first-order chi connectivity index (χ1) is 6.58. The molecule has 1 heterocycles. The van der Waals surface area contributed by atoms with Crippen LogP contribution in [0, 0.1) is 5.41 Å². The van der Waals surface area contributed by atoms with Gasteiger partial charge in [0, 0.05) is 0 Å². The quantitative estimate of drug-likeness (QED) is 0.550. The molecule has 1 rings (SSSR count). The van der Waals surface area contributed by atoms with Crippen molar-refractivity contribution < 1.29 is 14.3 Å². The predicted molar refractivity (Wildman–Crippen MR) is 65.5 cm³/mol. The molecule has 14 heavy (non-hydrogen) atoms. The lowest BCUT2D eigenvalue weighted by molar-refractivity contribution is -0.151. The summed E-state index contributed by atoms with van der Waals surface area (Å²) in [5.41, 5.74) is 0.418. The number of methoxy groups -OCH3 is 1. The highest BCUT2D eigenvalue weighted by molar-refractivity contribution is 14.1. The van der Waals surface area contributed by atoms with Crippen molar-refractivity contribution in [2.45, 2.75) is 13.3 Å². The second kappa shape index (κ2) is 4.94. The van der Waals surface area contributed by atoms with Gasteiger partial charge >= 0.3 is 5.97 Å². The zero-order valence-corrected chi connectivity index (χ0v) is 11.8. The van der Waals surface area contributed by atoms with Crippen molar-refractivity contribution in [1.29, 1.82) is 0 Å². The SMILES string of the molecule is CCC1(C(=O)OC)COC/C1=C(\Br)I. The first kappa shape index (κ1) is 12.4. The molecule has 1 saturated heterocycles. The van der Waals surface area contributed by atoms with Crippen molar-refractivity contribution in [1.82, 2.24) is 0 Å². The molecule has 0 N–H and O–H groups in total. The van der Waals surface area contributed by atoms with Crippen molar-refractivity contribution in [2.24, 2.45) is 5.41 Å². The number of hydrogen-bond donors (Lipinski definition) is 0. The molecule has 1 aliphatic rings. The number of halogens is 2. The Hall–Kier alpha value is 0.380. The lowest BCUT2D eigenvalue weighted by Crippen LogP contribution is -2.34. The van der Waals surface area contributed by atoms with Gasteiger partial charge in [-0.15, -0.1) is 0 Å². The molecule has 0 amide bonds. The van der Waals surface area contributed by atoms with Gasteiger partial charge in [-0.3, -0.25) is 4.79 Å². The molecule has 0 bridgehead atoms. The van der Waals surface area contributed by atoms with Crippen LogP contribution in [0.1, 0.15) is 13.3 Å². The number of esters is 1. The molecule has 3 nitrogen and oxygen atoms in total. The standard InChI is InChI=1S/C9H12BrIO3/c1-3-9(8(12)13-2)5-14-4-6(9)7(10)11/h3-5H2,1-2H3/b7-6-. The molecule has 0 spiro atoms. The second-order valence-corrected chi connectivity index (χ2v) is 6.51. The lowest BCUT2D eigenvalue weighted by atomic mass is 9.81. The van der Waals surface area contributed by atoms with E-state index in [0.29, 0.717) is 19.6 Å². The Labute approximate surface area is 105 Å². The van der Waals surface area contributed by atoms with E-state index in [1.165, 1.54) is 7.11 Å². The van der Waals surface area contributed by atoms with E-state index in [1.54, 1.807) is 0 Å². The summed E-state index contributed by atoms with van der Waals surface area (Å²) < 4.78 is 11.1. The van der Waals surface area contributed by atoms with Gasteiger partial charge in [0.05, 0.1) is 22.8 Å². The van der Waals surface area contributed by atoms with Crippen LogP contribution in [0.4, 0.5) is 0 Å². The van der Waals surface area contributed by atoms with Gasteiger partial charge in [0.15, 0.2) is 0 Å². The molecular formula is C9H12BrIO3. The van der Waals surface area contributed by atoms with E-state index in [9.17, 15) is 4.79 Å². The van der Waals surface area contributed by atoms with Gasteiger partial charge in [-0.25, -0.2) is 0 Å². The Balaban J connectivity index is 3.11. The van der Waals surface area contributed by atoms with Crippen LogP contribution in [0.25, 0.3) is 0 Å². The number of rotatable bonds is 2. The highest BCUT2D eigenvalue weighted by Crippen LogP contribution is 2.43. The molecule has 0 aliphatic carbocycles. The average Bonchev–Trinajstić information content (AvgIpc) is 2.61. The third kappa shape index (κ3) is 1.99. The molecule has 0 aromatic rings. The maximum Gasteiger partial charge on any atom is 0.318 e. The van der Waals surface area contributed by atoms with Crippen LogP contribution in [0.15, 0.2) is 8.06 Å². The lowest BCUT2D eigenvalue weighted by Gasteiger charge is -2.24. The fourth-order valence-electron chi connectivity index (χ4n) is 1.63. The zero-order chi connectivity index (χ0) is 10.8. The fraction of sp³-hybridized carbons (Fsp3) is 0.667. The Bertz CT molecular complexity index is 273. The van der Waals surface area contributed by atoms with Gasteiger partial charge < -0.3 is 9.47 Å². The molecule has 0 saturated carbocycles. The highest BCUT2D eigenvalue weighted by Gasteiger charge is 2.47. The van der Waals surface area contributed by atoms with Gasteiger partial charge in [0.25, 0.3) is 0 Å². The first-order valence-corrected chi connectivity index (χ1v) is 6.16. The largest absolute Gasteiger partial charge is 0.468 e. The molecular weight excluding hydrogens is 363 g/mol. The normalized spacial score (nSPS) is 30.3. The smallest absolute Gasteiger partial charge is 0.318 e. The van der Waals surface area contributed by atoms with Gasteiger partial charge in [0.1, 0.15) is 5.41 Å². The van der Waals surface area contributed by atoms with E-state index in [4.69, 9.17) is 9.47 Å². The summed E-state index contributed by atoms with van der Waals surface area (Å²) in [6.45, 7) is 2.90. The van der Waals surface area contributed by atoms with Gasteiger partial charge in [0.2, 0.25) is 0 Å². The summed E-state index contributed by atoms with van der Waals surface area (Å²) >= 11 is 5.54. The number of ether oxygens (including phenoxy) is 2. The fourth-order valence-corrected chi connectivity index (χ4v) is 2.79. The molecule has 1 atom stereocenters. The van der Waals surface area contributed by atoms with E-state index in [1.807, 2.05) is 6.92 Å². The van der Waals surface area contributed by atoms with E-state index in [2.05, 4.69) is 38.5 Å². The van der Waals surface area contributed by atoms with Gasteiger partial charge in [-0.1, -0.05) is 6.92 Å². The second-order valence-electron chi connectivity index (χ2n) is 3.16. The Morgan fingerprint density at radius 2 is 2.43 bits per heavy atom. The van der Waals surface area contributed by atoms with Crippen LogP contribution >= 0.6 is 38.5 Å². The minimum Gasteiger partial charge on any atom is -0.468 e. The van der Waals surface area contributed by atoms with Crippen molar-refractivity contribution in [3.05, 3.63) is 8.06 Å². The van der Waals surface area contributed by atoms with Crippen molar-refractivity contribution in [3.63, 3.8) is 0 Å². The Kier molecular flexibility index (Phi) is 4.39. The van der Waals surface area contributed by atoms with Crippen LogP contribution in [-0.4, -0.2) is 26.3 Å². The summed E-state index contributed by atoms with van der Waals surface area (Å²) in [6, 6.07) is 0. The summed E-state index contributed by atoms with van der Waals surface area (Å²) in [6.07, 6.45) is 0.701. The van der Waals surface area contributed by atoms with E-state index in [0.717, 1.165) is 8.06 Å². The third-order valence-electron chi connectivity index (χ3n) is 2.58. The van der Waals surface area contributed by atoms with Crippen molar-refractivity contribution in [3.8, 4) is 0 Å². The molecule has 1 fully saturated rings. The number of carbonyl (C=O) groups excluding carboxylic acids is 1. The molecule has 80 valence electrons. The Morgan fingerprint density at radius 1 is 1.79 bits per heavy atom. The highest BCUT2D eigenvalue weighted by atomic mass is 127. The van der Waals surface area contributed by atoms with Crippen LogP contribution < -0.4 is 0 Å². The minimum atomic E-state index is -0.575. The van der Waals surface area contributed by atoms with Crippen LogP contribution in [0.3, 0.4) is 0 Å². The molecule has 1 aliphatic heterocycles.